The molecule has 0 aliphatic carbocycles. The van der Waals surface area contributed by atoms with Crippen LogP contribution in [-0.2, 0) is 4.74 Å². The number of ether oxygens (including phenoxy) is 1. The number of anilines is 1. The van der Waals surface area contributed by atoms with E-state index in [9.17, 15) is 9.59 Å². The van der Waals surface area contributed by atoms with Crippen LogP contribution >= 0.6 is 0 Å². The van der Waals surface area contributed by atoms with Gasteiger partial charge < -0.3 is 15.2 Å². The van der Waals surface area contributed by atoms with E-state index in [4.69, 9.17) is 5.11 Å². The van der Waals surface area contributed by atoms with Gasteiger partial charge in [-0.25, -0.2) is 9.59 Å². The van der Waals surface area contributed by atoms with Crippen molar-refractivity contribution in [2.45, 2.75) is 26.2 Å². The fourth-order valence-electron chi connectivity index (χ4n) is 1.71. The molecule has 0 aromatic heterocycles. The molecule has 0 aliphatic heterocycles. The van der Waals surface area contributed by atoms with Gasteiger partial charge in [-0.15, -0.1) is 0 Å². The monoisotopic (exact) mass is 265 g/mol. The van der Waals surface area contributed by atoms with Crippen LogP contribution in [0, 0.1) is 0 Å². The number of esters is 1. The Labute approximate surface area is 112 Å². The van der Waals surface area contributed by atoms with E-state index in [1.807, 2.05) is 0 Å². The van der Waals surface area contributed by atoms with Crippen LogP contribution in [0.4, 0.5) is 5.69 Å². The number of unbranched alkanes of at least 4 members (excludes halogenated alkanes) is 2. The van der Waals surface area contributed by atoms with E-state index in [0.29, 0.717) is 5.69 Å². The number of carbonyl (C=O) groups excluding carboxylic acids is 1. The molecule has 5 heteroatoms. The van der Waals surface area contributed by atoms with Crippen LogP contribution in [0.25, 0.3) is 0 Å². The molecule has 104 valence electrons. The van der Waals surface area contributed by atoms with Crippen molar-refractivity contribution in [3.05, 3.63) is 29.3 Å². The van der Waals surface area contributed by atoms with Crippen LogP contribution in [0.2, 0.25) is 0 Å². The lowest BCUT2D eigenvalue weighted by molar-refractivity contribution is 0.0602. The number of methoxy groups -OCH3 is 1. The summed E-state index contributed by atoms with van der Waals surface area (Å²) in [6, 6.07) is 4.40. The lowest BCUT2D eigenvalue weighted by Crippen LogP contribution is -2.11. The number of nitrogens with one attached hydrogen (secondary N) is 1. The van der Waals surface area contributed by atoms with Gasteiger partial charge in [0.15, 0.2) is 0 Å². The Hall–Kier alpha value is -2.04. The van der Waals surface area contributed by atoms with Crippen LogP contribution in [0.15, 0.2) is 18.2 Å². The number of rotatable bonds is 7. The number of carboxylic acid groups (broad SMARTS) is 1. The van der Waals surface area contributed by atoms with Crippen molar-refractivity contribution in [2.75, 3.05) is 19.0 Å². The minimum Gasteiger partial charge on any atom is -0.478 e. The lowest BCUT2D eigenvalue weighted by atomic mass is 10.1. The molecule has 19 heavy (non-hydrogen) atoms. The normalized spacial score (nSPS) is 10.0. The Morgan fingerprint density at radius 3 is 2.63 bits per heavy atom. The number of hydrogen-bond acceptors (Lipinski definition) is 4. The van der Waals surface area contributed by atoms with E-state index in [2.05, 4.69) is 17.0 Å². The molecule has 0 heterocycles. The summed E-state index contributed by atoms with van der Waals surface area (Å²) in [5.41, 5.74) is 0.923. The number of hydrogen-bond donors (Lipinski definition) is 2. The molecule has 0 saturated carbocycles. The Bertz CT molecular complexity index is 457. The van der Waals surface area contributed by atoms with E-state index in [0.717, 1.165) is 25.8 Å². The highest BCUT2D eigenvalue weighted by molar-refractivity contribution is 5.99. The highest BCUT2D eigenvalue weighted by atomic mass is 16.5. The van der Waals surface area contributed by atoms with Crippen LogP contribution in [0.3, 0.4) is 0 Å². The maximum atomic E-state index is 11.6. The Balaban J connectivity index is 2.89. The summed E-state index contributed by atoms with van der Waals surface area (Å²) in [5.74, 6) is -1.61. The van der Waals surface area contributed by atoms with Crippen molar-refractivity contribution in [2.24, 2.45) is 0 Å². The fraction of sp³-hybridized carbons (Fsp3) is 0.429. The van der Waals surface area contributed by atoms with Gasteiger partial charge in [-0.1, -0.05) is 19.8 Å². The van der Waals surface area contributed by atoms with E-state index >= 15 is 0 Å². The van der Waals surface area contributed by atoms with Crippen molar-refractivity contribution >= 4 is 17.6 Å². The zero-order valence-electron chi connectivity index (χ0n) is 11.2. The van der Waals surface area contributed by atoms with Crippen molar-refractivity contribution in [1.29, 1.82) is 0 Å². The van der Waals surface area contributed by atoms with Gasteiger partial charge in [-0.2, -0.15) is 0 Å². The van der Waals surface area contributed by atoms with Crippen LogP contribution in [0.5, 0.6) is 0 Å². The fourth-order valence-corrected chi connectivity index (χ4v) is 1.71. The van der Waals surface area contributed by atoms with Crippen LogP contribution in [-0.4, -0.2) is 30.7 Å². The molecule has 0 atom stereocenters. The standard InChI is InChI=1S/C14H19NO4/c1-3-4-5-8-15-12-7-6-10(13(16)17)9-11(12)14(18)19-2/h6-7,9,15H,3-5,8H2,1-2H3,(H,16,17). The van der Waals surface area contributed by atoms with Crippen molar-refractivity contribution < 1.29 is 19.4 Å². The topological polar surface area (TPSA) is 75.6 Å². The predicted molar refractivity (Wildman–Crippen MR) is 72.8 cm³/mol. The van der Waals surface area contributed by atoms with Gasteiger partial charge >= 0.3 is 11.9 Å². The van der Waals surface area contributed by atoms with Crippen molar-refractivity contribution in [3.8, 4) is 0 Å². The van der Waals surface area contributed by atoms with Crippen molar-refractivity contribution in [3.63, 3.8) is 0 Å². The summed E-state index contributed by atoms with van der Waals surface area (Å²) in [6.45, 7) is 2.85. The minimum absolute atomic E-state index is 0.0690. The Kier molecular flexibility index (Phi) is 5.85. The molecule has 0 bridgehead atoms. The third kappa shape index (κ3) is 4.28. The summed E-state index contributed by atoms with van der Waals surface area (Å²) >= 11 is 0. The van der Waals surface area contributed by atoms with Crippen molar-refractivity contribution in [1.82, 2.24) is 0 Å². The van der Waals surface area contributed by atoms with E-state index in [1.165, 1.54) is 19.2 Å². The molecular weight excluding hydrogens is 246 g/mol. The zero-order chi connectivity index (χ0) is 14.3. The highest BCUT2D eigenvalue weighted by Crippen LogP contribution is 2.19. The molecule has 0 radical (unpaired) electrons. The Morgan fingerprint density at radius 1 is 1.32 bits per heavy atom. The maximum Gasteiger partial charge on any atom is 0.339 e. The molecule has 0 unspecified atom stereocenters. The summed E-state index contributed by atoms with van der Waals surface area (Å²) in [5, 5.41) is 12.1. The van der Waals surface area contributed by atoms with Gasteiger partial charge in [0.05, 0.1) is 18.2 Å². The molecule has 0 aliphatic rings. The lowest BCUT2D eigenvalue weighted by Gasteiger charge is -2.11. The van der Waals surface area contributed by atoms with E-state index in [-0.39, 0.29) is 11.1 Å². The SMILES string of the molecule is CCCCCNc1ccc(C(=O)O)cc1C(=O)OC. The molecule has 1 rings (SSSR count). The van der Waals surface area contributed by atoms with Gasteiger partial charge in [-0.05, 0) is 24.6 Å². The third-order valence-electron chi connectivity index (χ3n) is 2.77. The predicted octanol–water partition coefficient (Wildman–Crippen LogP) is 2.77. The average molecular weight is 265 g/mol. The van der Waals surface area contributed by atoms with Crippen LogP contribution < -0.4 is 5.32 Å². The second-order valence-electron chi connectivity index (χ2n) is 4.19. The van der Waals surface area contributed by atoms with E-state index < -0.39 is 11.9 Å². The molecular formula is C14H19NO4. The minimum atomic E-state index is -1.07. The zero-order valence-corrected chi connectivity index (χ0v) is 11.2. The van der Waals surface area contributed by atoms with E-state index in [1.54, 1.807) is 6.07 Å². The van der Waals surface area contributed by atoms with Gasteiger partial charge in [0.25, 0.3) is 0 Å². The first-order valence-electron chi connectivity index (χ1n) is 6.29. The molecule has 0 amide bonds. The first kappa shape index (κ1) is 15.0. The van der Waals surface area contributed by atoms with Gasteiger partial charge in [0.2, 0.25) is 0 Å². The quantitative estimate of drug-likeness (QED) is 0.585. The summed E-state index contributed by atoms with van der Waals surface area (Å²) < 4.78 is 4.67. The number of aromatic carboxylic acids is 1. The van der Waals surface area contributed by atoms with Gasteiger partial charge in [-0.3, -0.25) is 0 Å². The summed E-state index contributed by atoms with van der Waals surface area (Å²) in [6.07, 6.45) is 3.22. The third-order valence-corrected chi connectivity index (χ3v) is 2.77. The maximum absolute atomic E-state index is 11.6. The first-order chi connectivity index (χ1) is 9.10. The Morgan fingerprint density at radius 2 is 2.05 bits per heavy atom. The molecule has 1 aromatic carbocycles. The summed E-state index contributed by atoms with van der Waals surface area (Å²) in [7, 11) is 1.27. The van der Waals surface area contributed by atoms with Gasteiger partial charge in [0.1, 0.15) is 0 Å². The largest absolute Gasteiger partial charge is 0.478 e. The smallest absolute Gasteiger partial charge is 0.339 e. The molecule has 1 aromatic rings. The average Bonchev–Trinajstić information content (AvgIpc) is 2.42. The number of benzene rings is 1. The molecule has 0 fully saturated rings. The molecule has 5 nitrogen and oxygen atoms in total. The van der Waals surface area contributed by atoms with Gasteiger partial charge in [0, 0.05) is 12.2 Å². The summed E-state index contributed by atoms with van der Waals surface area (Å²) in [4.78, 5) is 22.5. The molecule has 0 spiro atoms. The second-order valence-corrected chi connectivity index (χ2v) is 4.19. The molecule has 2 N–H and O–H groups in total. The first-order valence-corrected chi connectivity index (χ1v) is 6.29. The second kappa shape index (κ2) is 7.41. The highest BCUT2D eigenvalue weighted by Gasteiger charge is 2.14. The molecule has 0 saturated heterocycles. The van der Waals surface area contributed by atoms with Crippen LogP contribution in [0.1, 0.15) is 46.9 Å². The number of carboxylic acids is 1. The number of carbonyl (C=O) groups is 2.